The lowest BCUT2D eigenvalue weighted by molar-refractivity contribution is 0.262. The number of hydrogen-bond donors (Lipinski definition) is 2. The lowest BCUT2D eigenvalue weighted by atomic mass is 10.2. The summed E-state index contributed by atoms with van der Waals surface area (Å²) < 4.78 is 3.72. The Morgan fingerprint density at radius 3 is 2.26 bits per heavy atom. The second-order valence-corrected chi connectivity index (χ2v) is 6.11. The molecule has 4 aromatic rings. The average Bonchev–Trinajstić information content (AvgIpc) is 3.34. The number of nitrogens with one attached hydrogen (secondary N) is 2. The number of para-hydroxylation sites is 2. The fourth-order valence-electron chi connectivity index (χ4n) is 2.90. The van der Waals surface area contributed by atoms with Crippen LogP contribution < -0.4 is 10.6 Å². The Bertz CT molecular complexity index is 1050. The van der Waals surface area contributed by atoms with Gasteiger partial charge in [0.05, 0.1) is 11.9 Å². The second-order valence-electron chi connectivity index (χ2n) is 6.11. The molecule has 0 atom stereocenters. The number of aryl methyl sites for hydroxylation is 1. The van der Waals surface area contributed by atoms with Crippen molar-refractivity contribution in [3.8, 4) is 11.5 Å². The number of nitrogens with zero attached hydrogens (tertiary/aromatic N) is 3. The molecule has 0 fully saturated rings. The molecule has 2 aromatic carbocycles. The molecule has 0 aliphatic carbocycles. The molecule has 0 saturated heterocycles. The predicted octanol–water partition coefficient (Wildman–Crippen LogP) is 4.62. The van der Waals surface area contributed by atoms with E-state index in [2.05, 4.69) is 15.7 Å². The number of aromatic nitrogens is 3. The molecule has 6 nitrogen and oxygen atoms in total. The summed E-state index contributed by atoms with van der Waals surface area (Å²) in [5, 5.41) is 10.3. The van der Waals surface area contributed by atoms with E-state index in [0.29, 0.717) is 5.69 Å². The molecule has 4 rings (SSSR count). The van der Waals surface area contributed by atoms with Crippen LogP contribution in [0.5, 0.6) is 0 Å². The normalized spacial score (nSPS) is 10.6. The van der Waals surface area contributed by atoms with Crippen LogP contribution in [0, 0.1) is 6.92 Å². The third-order valence-corrected chi connectivity index (χ3v) is 4.24. The highest BCUT2D eigenvalue weighted by Gasteiger charge is 2.16. The van der Waals surface area contributed by atoms with Crippen LogP contribution in [0.25, 0.3) is 11.5 Å². The summed E-state index contributed by atoms with van der Waals surface area (Å²) in [6.45, 7) is 1.95. The molecule has 2 heterocycles. The molecule has 134 valence electrons. The molecule has 6 heteroatoms. The largest absolute Gasteiger partial charge is 0.323 e. The van der Waals surface area contributed by atoms with E-state index in [1.54, 1.807) is 10.9 Å². The van der Waals surface area contributed by atoms with Gasteiger partial charge in [-0.05, 0) is 42.8 Å². The smallest absolute Gasteiger partial charge is 0.307 e. The van der Waals surface area contributed by atoms with Crippen LogP contribution in [0.3, 0.4) is 0 Å². The molecular weight excluding hydrogens is 338 g/mol. The number of hydrogen-bond acceptors (Lipinski definition) is 2. The first kappa shape index (κ1) is 16.7. The molecule has 27 heavy (non-hydrogen) atoms. The van der Waals surface area contributed by atoms with Gasteiger partial charge in [0.1, 0.15) is 5.69 Å². The third-order valence-electron chi connectivity index (χ3n) is 4.24. The first-order valence-corrected chi connectivity index (χ1v) is 8.63. The van der Waals surface area contributed by atoms with Gasteiger partial charge >= 0.3 is 6.03 Å². The summed E-state index contributed by atoms with van der Waals surface area (Å²) in [5.74, 6) is 0.756. The molecular formula is C21H19N5O. The van der Waals surface area contributed by atoms with Crippen molar-refractivity contribution in [1.29, 1.82) is 0 Å². The monoisotopic (exact) mass is 357 g/mol. The Labute approximate surface area is 157 Å². The lowest BCUT2D eigenvalue weighted by Gasteiger charge is -2.13. The number of carbonyl (C=O) groups is 1. The number of carbonyl (C=O) groups excluding carboxylic acids is 1. The fraction of sp³-hybridized carbons (Fsp3) is 0.0476. The molecule has 2 aromatic heterocycles. The zero-order chi connectivity index (χ0) is 18.6. The number of anilines is 2. The number of urea groups is 1. The molecule has 0 radical (unpaired) electrons. The lowest BCUT2D eigenvalue weighted by Crippen LogP contribution is -2.20. The minimum Gasteiger partial charge on any atom is -0.307 e. The first-order chi connectivity index (χ1) is 13.2. The van der Waals surface area contributed by atoms with Crippen LogP contribution in [0.15, 0.2) is 85.3 Å². The van der Waals surface area contributed by atoms with E-state index in [0.717, 1.165) is 22.8 Å². The molecule has 0 aliphatic heterocycles. The molecule has 0 spiro atoms. The average molecular weight is 357 g/mol. The Balaban J connectivity index is 1.66. The van der Waals surface area contributed by atoms with Crippen molar-refractivity contribution in [3.63, 3.8) is 0 Å². The number of benzene rings is 2. The number of amides is 2. The van der Waals surface area contributed by atoms with Gasteiger partial charge in [0.15, 0.2) is 5.82 Å². The zero-order valence-corrected chi connectivity index (χ0v) is 14.8. The summed E-state index contributed by atoms with van der Waals surface area (Å²) >= 11 is 0. The van der Waals surface area contributed by atoms with E-state index >= 15 is 0 Å². The predicted molar refractivity (Wildman–Crippen MR) is 107 cm³/mol. The maximum absolute atomic E-state index is 12.5. The van der Waals surface area contributed by atoms with Crippen molar-refractivity contribution >= 4 is 17.4 Å². The van der Waals surface area contributed by atoms with Crippen molar-refractivity contribution in [3.05, 3.63) is 90.9 Å². The Hall–Kier alpha value is -3.80. The van der Waals surface area contributed by atoms with Crippen molar-refractivity contribution < 1.29 is 4.79 Å². The van der Waals surface area contributed by atoms with Crippen molar-refractivity contribution in [2.75, 3.05) is 10.6 Å². The van der Waals surface area contributed by atoms with E-state index < -0.39 is 0 Å². The van der Waals surface area contributed by atoms with Crippen LogP contribution in [-0.4, -0.2) is 20.4 Å². The van der Waals surface area contributed by atoms with E-state index in [-0.39, 0.29) is 6.03 Å². The van der Waals surface area contributed by atoms with Gasteiger partial charge in [-0.25, -0.2) is 9.48 Å². The van der Waals surface area contributed by atoms with Crippen molar-refractivity contribution in [2.45, 2.75) is 6.92 Å². The van der Waals surface area contributed by atoms with E-state index in [1.165, 1.54) is 0 Å². The van der Waals surface area contributed by atoms with Gasteiger partial charge in [-0.2, -0.15) is 5.10 Å². The molecule has 2 amide bonds. The maximum atomic E-state index is 12.5. The van der Waals surface area contributed by atoms with E-state index in [1.807, 2.05) is 90.6 Å². The van der Waals surface area contributed by atoms with Gasteiger partial charge in [-0.1, -0.05) is 36.4 Å². The van der Waals surface area contributed by atoms with Crippen LogP contribution in [0.1, 0.15) is 5.56 Å². The van der Waals surface area contributed by atoms with Gasteiger partial charge in [0.25, 0.3) is 0 Å². The number of rotatable bonds is 4. The van der Waals surface area contributed by atoms with Crippen LogP contribution in [-0.2, 0) is 0 Å². The highest BCUT2D eigenvalue weighted by atomic mass is 16.2. The molecule has 0 saturated carbocycles. The standard InChI is InChI=1S/C21H19N5O/c1-16-9-5-6-12-18(16)23-21(27)24-19-15-22-26(17-10-3-2-4-11-17)20(19)25-13-7-8-14-25/h2-15H,1H3,(H2,23,24,27). The van der Waals surface area contributed by atoms with Gasteiger partial charge < -0.3 is 15.2 Å². The molecule has 0 bridgehead atoms. The molecule has 0 unspecified atom stereocenters. The highest BCUT2D eigenvalue weighted by molar-refractivity contribution is 6.01. The van der Waals surface area contributed by atoms with Crippen molar-refractivity contribution in [1.82, 2.24) is 14.3 Å². The summed E-state index contributed by atoms with van der Waals surface area (Å²) in [6, 6.07) is 21.0. The first-order valence-electron chi connectivity index (χ1n) is 8.63. The minimum atomic E-state index is -0.315. The van der Waals surface area contributed by atoms with Gasteiger partial charge in [0, 0.05) is 18.1 Å². The summed E-state index contributed by atoms with van der Waals surface area (Å²) in [4.78, 5) is 12.5. The zero-order valence-electron chi connectivity index (χ0n) is 14.8. The van der Waals surface area contributed by atoms with Gasteiger partial charge in [0.2, 0.25) is 0 Å². The van der Waals surface area contributed by atoms with Gasteiger partial charge in [-0.3, -0.25) is 0 Å². The second kappa shape index (κ2) is 7.21. The maximum Gasteiger partial charge on any atom is 0.323 e. The molecule has 2 N–H and O–H groups in total. The summed E-state index contributed by atoms with van der Waals surface area (Å²) in [7, 11) is 0. The van der Waals surface area contributed by atoms with E-state index in [9.17, 15) is 4.79 Å². The fourth-order valence-corrected chi connectivity index (χ4v) is 2.90. The van der Waals surface area contributed by atoms with E-state index in [4.69, 9.17) is 0 Å². The van der Waals surface area contributed by atoms with Gasteiger partial charge in [-0.15, -0.1) is 0 Å². The Morgan fingerprint density at radius 1 is 0.852 bits per heavy atom. The quantitative estimate of drug-likeness (QED) is 0.560. The molecule has 0 aliphatic rings. The van der Waals surface area contributed by atoms with Crippen LogP contribution >= 0.6 is 0 Å². The highest BCUT2D eigenvalue weighted by Crippen LogP contribution is 2.24. The van der Waals surface area contributed by atoms with Crippen LogP contribution in [0.2, 0.25) is 0 Å². The summed E-state index contributed by atoms with van der Waals surface area (Å²) in [5.41, 5.74) is 3.29. The minimum absolute atomic E-state index is 0.315. The Kier molecular flexibility index (Phi) is 4.45. The van der Waals surface area contributed by atoms with Crippen LogP contribution in [0.4, 0.5) is 16.2 Å². The Morgan fingerprint density at radius 2 is 1.52 bits per heavy atom. The SMILES string of the molecule is Cc1ccccc1NC(=O)Nc1cnn(-c2ccccc2)c1-n1cccc1. The topological polar surface area (TPSA) is 63.9 Å². The van der Waals surface area contributed by atoms with Crippen molar-refractivity contribution in [2.24, 2.45) is 0 Å². The summed E-state index contributed by atoms with van der Waals surface area (Å²) in [6.07, 6.45) is 5.49. The third kappa shape index (κ3) is 3.46.